The van der Waals surface area contributed by atoms with Gasteiger partial charge in [0.2, 0.25) is 0 Å². The van der Waals surface area contributed by atoms with Crippen molar-refractivity contribution in [2.75, 3.05) is 11.8 Å². The fourth-order valence-electron chi connectivity index (χ4n) is 1.76. The van der Waals surface area contributed by atoms with Crippen LogP contribution in [0.4, 0.5) is 5.69 Å². The van der Waals surface area contributed by atoms with Gasteiger partial charge in [-0.15, -0.1) is 11.3 Å². The lowest BCUT2D eigenvalue weighted by Gasteiger charge is -2.08. The molecule has 0 amide bonds. The molecule has 1 heterocycles. The highest BCUT2D eigenvalue weighted by Gasteiger charge is 2.19. The van der Waals surface area contributed by atoms with Crippen molar-refractivity contribution in [3.05, 3.63) is 39.2 Å². The van der Waals surface area contributed by atoms with Crippen molar-refractivity contribution in [1.82, 2.24) is 0 Å². The number of hydrogen-bond acceptors (Lipinski definition) is 5. The van der Waals surface area contributed by atoms with Gasteiger partial charge in [0.1, 0.15) is 9.96 Å². The first-order valence-corrected chi connectivity index (χ1v) is 9.12. The zero-order chi connectivity index (χ0) is 15.6. The summed E-state index contributed by atoms with van der Waals surface area (Å²) >= 11 is 4.51. The second kappa shape index (κ2) is 6.35. The first kappa shape index (κ1) is 16.3. The lowest BCUT2D eigenvalue weighted by Crippen LogP contribution is -2.11. The van der Waals surface area contributed by atoms with Gasteiger partial charge in [0, 0.05) is 11.4 Å². The predicted octanol–water partition coefficient (Wildman–Crippen LogP) is 3.09. The van der Waals surface area contributed by atoms with Crippen molar-refractivity contribution < 1.29 is 13.2 Å². The first-order chi connectivity index (χ1) is 9.87. The summed E-state index contributed by atoms with van der Waals surface area (Å²) in [6.45, 7) is 2.18. The van der Waals surface area contributed by atoms with E-state index in [1.54, 1.807) is 31.4 Å². The molecule has 0 unspecified atom stereocenters. The summed E-state index contributed by atoms with van der Waals surface area (Å²) in [5.74, 6) is 0.635. The lowest BCUT2D eigenvalue weighted by atomic mass is 10.3. The Bertz CT molecular complexity index is 757. The molecule has 2 aromatic rings. The Hall–Kier alpha value is -1.09. The highest BCUT2D eigenvalue weighted by molar-refractivity contribution is 9.10. The summed E-state index contributed by atoms with van der Waals surface area (Å²) in [4.78, 5) is 0.867. The highest BCUT2D eigenvalue weighted by Crippen LogP contribution is 2.31. The third-order valence-electron chi connectivity index (χ3n) is 2.85. The van der Waals surface area contributed by atoms with Crippen LogP contribution in [0, 0.1) is 6.92 Å². The molecule has 2 rings (SSSR count). The molecule has 8 heteroatoms. The minimum absolute atomic E-state index is 0.257. The lowest BCUT2D eigenvalue weighted by molar-refractivity contribution is 0.412. The average molecular weight is 391 g/mol. The van der Waals surface area contributed by atoms with Crippen LogP contribution >= 0.6 is 27.3 Å². The van der Waals surface area contributed by atoms with E-state index < -0.39 is 10.0 Å². The summed E-state index contributed by atoms with van der Waals surface area (Å²) in [5.41, 5.74) is 6.94. The number of sulfonamides is 1. The van der Waals surface area contributed by atoms with Gasteiger partial charge in [-0.2, -0.15) is 0 Å². The molecular formula is C13H15BrN2O3S2. The maximum atomic E-state index is 12.4. The van der Waals surface area contributed by atoms with Crippen LogP contribution in [0.25, 0.3) is 0 Å². The second-order valence-electron chi connectivity index (χ2n) is 4.33. The SMILES string of the molecule is COc1ccc(NS(=O)(=O)c2cc(C)c(CN)s2)cc1Br. The summed E-state index contributed by atoms with van der Waals surface area (Å²) in [5, 5.41) is 0. The largest absolute Gasteiger partial charge is 0.496 e. The summed E-state index contributed by atoms with van der Waals surface area (Å²) < 4.78 is 33.3. The number of hydrogen-bond donors (Lipinski definition) is 2. The van der Waals surface area contributed by atoms with E-state index in [4.69, 9.17) is 10.5 Å². The van der Waals surface area contributed by atoms with Crippen LogP contribution in [0.15, 0.2) is 32.9 Å². The number of rotatable bonds is 5. The molecule has 0 atom stereocenters. The molecule has 0 saturated heterocycles. The van der Waals surface area contributed by atoms with Crippen LogP contribution < -0.4 is 15.2 Å². The Labute approximate surface area is 136 Å². The fourth-order valence-corrected chi connectivity index (χ4v) is 4.82. The normalized spacial score (nSPS) is 11.4. The summed E-state index contributed by atoms with van der Waals surface area (Å²) in [7, 11) is -2.06. The smallest absolute Gasteiger partial charge is 0.271 e. The van der Waals surface area contributed by atoms with Crippen LogP contribution in [-0.2, 0) is 16.6 Å². The van der Waals surface area contributed by atoms with E-state index >= 15 is 0 Å². The van der Waals surface area contributed by atoms with Crippen molar-refractivity contribution in [3.63, 3.8) is 0 Å². The second-order valence-corrected chi connectivity index (χ2v) is 8.23. The van der Waals surface area contributed by atoms with Crippen LogP contribution in [0.1, 0.15) is 10.4 Å². The van der Waals surface area contributed by atoms with E-state index in [2.05, 4.69) is 20.7 Å². The van der Waals surface area contributed by atoms with E-state index in [-0.39, 0.29) is 4.21 Å². The average Bonchev–Trinajstić information content (AvgIpc) is 2.80. The van der Waals surface area contributed by atoms with Crippen LogP contribution in [0.3, 0.4) is 0 Å². The van der Waals surface area contributed by atoms with E-state index in [0.717, 1.165) is 10.4 Å². The van der Waals surface area contributed by atoms with Crippen LogP contribution in [-0.4, -0.2) is 15.5 Å². The number of ether oxygens (including phenoxy) is 1. The number of anilines is 1. The molecular weight excluding hydrogens is 376 g/mol. The molecule has 0 aliphatic rings. The van der Waals surface area contributed by atoms with Crippen molar-refractivity contribution in [2.24, 2.45) is 5.73 Å². The molecule has 5 nitrogen and oxygen atoms in total. The molecule has 1 aromatic carbocycles. The van der Waals surface area contributed by atoms with Crippen molar-refractivity contribution in [1.29, 1.82) is 0 Å². The zero-order valence-corrected chi connectivity index (χ0v) is 14.7. The zero-order valence-electron chi connectivity index (χ0n) is 11.5. The van der Waals surface area contributed by atoms with Crippen LogP contribution in [0.2, 0.25) is 0 Å². The minimum Gasteiger partial charge on any atom is -0.496 e. The maximum absolute atomic E-state index is 12.4. The van der Waals surface area contributed by atoms with Crippen molar-refractivity contribution in [2.45, 2.75) is 17.7 Å². The fraction of sp³-hybridized carbons (Fsp3) is 0.231. The highest BCUT2D eigenvalue weighted by atomic mass is 79.9. The number of nitrogens with one attached hydrogen (secondary N) is 1. The Morgan fingerprint density at radius 1 is 1.38 bits per heavy atom. The molecule has 0 aliphatic heterocycles. The molecule has 0 aliphatic carbocycles. The number of thiophene rings is 1. The quantitative estimate of drug-likeness (QED) is 0.821. The molecule has 1 aromatic heterocycles. The van der Waals surface area contributed by atoms with Gasteiger partial charge in [0.05, 0.1) is 17.3 Å². The predicted molar refractivity (Wildman–Crippen MR) is 88.4 cm³/mol. The minimum atomic E-state index is -3.61. The Morgan fingerprint density at radius 2 is 2.10 bits per heavy atom. The van der Waals surface area contributed by atoms with Gasteiger partial charge in [-0.1, -0.05) is 0 Å². The maximum Gasteiger partial charge on any atom is 0.271 e. The molecule has 0 fully saturated rings. The van der Waals surface area contributed by atoms with Crippen molar-refractivity contribution >= 4 is 43.0 Å². The van der Waals surface area contributed by atoms with Gasteiger partial charge in [-0.05, 0) is 52.7 Å². The number of methoxy groups -OCH3 is 1. The van der Waals surface area contributed by atoms with Gasteiger partial charge < -0.3 is 10.5 Å². The Balaban J connectivity index is 2.30. The topological polar surface area (TPSA) is 81.4 Å². The van der Waals surface area contributed by atoms with Crippen molar-refractivity contribution in [3.8, 4) is 5.75 Å². The number of nitrogens with two attached hydrogens (primary N) is 1. The molecule has 114 valence electrons. The number of halogens is 1. The third-order valence-corrected chi connectivity index (χ3v) is 6.59. The number of benzene rings is 1. The molecule has 0 bridgehead atoms. The van der Waals surface area contributed by atoms with E-state index in [9.17, 15) is 8.42 Å². The molecule has 0 radical (unpaired) electrons. The van der Waals surface area contributed by atoms with Gasteiger partial charge in [0.25, 0.3) is 10.0 Å². The van der Waals surface area contributed by atoms with E-state index in [1.165, 1.54) is 11.3 Å². The Kier molecular flexibility index (Phi) is 4.92. The van der Waals surface area contributed by atoms with Crippen LogP contribution in [0.5, 0.6) is 5.75 Å². The standard InChI is InChI=1S/C13H15BrN2O3S2/c1-8-5-13(20-12(8)7-15)21(17,18)16-9-3-4-11(19-2)10(14)6-9/h3-6,16H,7,15H2,1-2H3. The van der Waals surface area contributed by atoms with Gasteiger partial charge in [-0.25, -0.2) is 8.42 Å². The van der Waals surface area contributed by atoms with E-state index in [1.807, 2.05) is 6.92 Å². The molecule has 3 N–H and O–H groups in total. The van der Waals surface area contributed by atoms with Gasteiger partial charge in [0.15, 0.2) is 0 Å². The molecule has 21 heavy (non-hydrogen) atoms. The monoisotopic (exact) mass is 390 g/mol. The van der Waals surface area contributed by atoms with Gasteiger partial charge >= 0.3 is 0 Å². The molecule has 0 spiro atoms. The van der Waals surface area contributed by atoms with Gasteiger partial charge in [-0.3, -0.25) is 4.72 Å². The Morgan fingerprint density at radius 3 is 2.62 bits per heavy atom. The molecule has 0 saturated carbocycles. The first-order valence-electron chi connectivity index (χ1n) is 6.03. The number of aryl methyl sites for hydroxylation is 1. The third kappa shape index (κ3) is 3.57. The summed E-state index contributed by atoms with van der Waals surface area (Å²) in [6.07, 6.45) is 0. The van der Waals surface area contributed by atoms with E-state index in [0.29, 0.717) is 22.5 Å². The summed E-state index contributed by atoms with van der Waals surface area (Å²) in [6, 6.07) is 6.62.